The summed E-state index contributed by atoms with van der Waals surface area (Å²) in [6.07, 6.45) is 0. The van der Waals surface area contributed by atoms with Crippen molar-refractivity contribution in [2.45, 2.75) is 25.7 Å². The highest BCUT2D eigenvalue weighted by molar-refractivity contribution is 8.00. The van der Waals surface area contributed by atoms with Crippen molar-refractivity contribution in [1.29, 1.82) is 0 Å². The topological polar surface area (TPSA) is 53.2 Å². The molecule has 0 unspecified atom stereocenters. The first-order valence-corrected chi connectivity index (χ1v) is 11.0. The number of hydrogen-bond acceptors (Lipinski definition) is 3. The number of thioether (sulfide) groups is 1. The summed E-state index contributed by atoms with van der Waals surface area (Å²) < 4.78 is 0. The van der Waals surface area contributed by atoms with Crippen molar-refractivity contribution in [1.82, 2.24) is 0 Å². The Morgan fingerprint density at radius 3 is 2.17 bits per heavy atom. The van der Waals surface area contributed by atoms with Crippen molar-refractivity contribution in [3.63, 3.8) is 0 Å². The van der Waals surface area contributed by atoms with E-state index in [0.29, 0.717) is 10.9 Å². The molecule has 0 saturated heterocycles. The van der Waals surface area contributed by atoms with Gasteiger partial charge in [-0.1, -0.05) is 42.0 Å². The van der Waals surface area contributed by atoms with E-state index in [-0.39, 0.29) is 5.91 Å². The van der Waals surface area contributed by atoms with E-state index in [2.05, 4.69) is 16.0 Å². The number of nitrogens with one attached hydrogen (secondary N) is 3. The largest absolute Gasteiger partial charge is 0.332 e. The summed E-state index contributed by atoms with van der Waals surface area (Å²) in [5.41, 5.74) is 6.03. The van der Waals surface area contributed by atoms with Gasteiger partial charge in [0.05, 0.1) is 5.75 Å². The normalized spacial score (nSPS) is 10.4. The molecule has 0 heterocycles. The van der Waals surface area contributed by atoms with E-state index in [4.69, 9.17) is 12.2 Å². The van der Waals surface area contributed by atoms with Crippen LogP contribution in [0, 0.1) is 20.8 Å². The lowest BCUT2D eigenvalue weighted by Crippen LogP contribution is -2.19. The maximum atomic E-state index is 12.4. The molecule has 3 aromatic rings. The van der Waals surface area contributed by atoms with Crippen molar-refractivity contribution < 1.29 is 4.79 Å². The molecule has 4 nitrogen and oxygen atoms in total. The van der Waals surface area contributed by atoms with Crippen LogP contribution < -0.4 is 16.0 Å². The highest BCUT2D eigenvalue weighted by Gasteiger charge is 2.08. The maximum Gasteiger partial charge on any atom is 0.234 e. The Bertz CT molecular complexity index is 1030. The number of rotatable bonds is 6. The number of amides is 1. The number of carbonyl (C=O) groups is 1. The number of aryl methyl sites for hydroxylation is 3. The molecule has 3 rings (SSSR count). The molecule has 6 heteroatoms. The Labute approximate surface area is 187 Å². The van der Waals surface area contributed by atoms with Gasteiger partial charge in [0.25, 0.3) is 0 Å². The van der Waals surface area contributed by atoms with Gasteiger partial charge in [-0.05, 0) is 74.4 Å². The molecule has 0 aliphatic heterocycles. The monoisotopic (exact) mass is 435 g/mol. The minimum absolute atomic E-state index is 0.0210. The average molecular weight is 436 g/mol. The summed E-state index contributed by atoms with van der Waals surface area (Å²) in [6, 6.07) is 21.9. The van der Waals surface area contributed by atoms with E-state index < -0.39 is 0 Å². The summed E-state index contributed by atoms with van der Waals surface area (Å²) in [5.74, 6) is 0.316. The van der Waals surface area contributed by atoms with Gasteiger partial charge in [-0.2, -0.15) is 0 Å². The van der Waals surface area contributed by atoms with Crippen LogP contribution in [-0.2, 0) is 4.79 Å². The van der Waals surface area contributed by atoms with Gasteiger partial charge in [-0.15, -0.1) is 11.8 Å². The zero-order valence-electron chi connectivity index (χ0n) is 17.3. The molecule has 3 aromatic carbocycles. The fourth-order valence-corrected chi connectivity index (χ4v) is 3.92. The van der Waals surface area contributed by atoms with Gasteiger partial charge < -0.3 is 16.0 Å². The first-order valence-electron chi connectivity index (χ1n) is 9.64. The summed E-state index contributed by atoms with van der Waals surface area (Å²) >= 11 is 6.90. The summed E-state index contributed by atoms with van der Waals surface area (Å²) in [5, 5.41) is 9.91. The van der Waals surface area contributed by atoms with Crippen molar-refractivity contribution in [2.75, 3.05) is 21.7 Å². The first-order chi connectivity index (χ1) is 14.4. The molecule has 0 spiro atoms. The zero-order valence-corrected chi connectivity index (χ0v) is 18.9. The third kappa shape index (κ3) is 6.34. The van der Waals surface area contributed by atoms with E-state index in [1.807, 2.05) is 87.5 Å². The first kappa shape index (κ1) is 21.9. The van der Waals surface area contributed by atoms with Gasteiger partial charge in [-0.3, -0.25) is 4.79 Å². The molecule has 0 atom stereocenters. The van der Waals surface area contributed by atoms with Crippen LogP contribution in [0.15, 0.2) is 71.6 Å². The number of hydrogen-bond donors (Lipinski definition) is 3. The molecule has 0 aromatic heterocycles. The highest BCUT2D eigenvalue weighted by Crippen LogP contribution is 2.24. The maximum absolute atomic E-state index is 12.4. The van der Waals surface area contributed by atoms with Gasteiger partial charge in [-0.25, -0.2) is 0 Å². The molecule has 0 saturated carbocycles. The molecule has 0 aliphatic carbocycles. The van der Waals surface area contributed by atoms with Crippen LogP contribution in [0.5, 0.6) is 0 Å². The Morgan fingerprint density at radius 1 is 0.833 bits per heavy atom. The second-order valence-corrected chi connectivity index (χ2v) is 8.53. The Morgan fingerprint density at radius 2 is 1.47 bits per heavy atom. The molecule has 0 bridgehead atoms. The van der Waals surface area contributed by atoms with Crippen LogP contribution in [-0.4, -0.2) is 16.8 Å². The van der Waals surface area contributed by atoms with Gasteiger partial charge in [0.15, 0.2) is 5.11 Å². The van der Waals surface area contributed by atoms with Crippen LogP contribution >= 0.6 is 24.0 Å². The Balaban J connectivity index is 1.54. The molecule has 0 aliphatic rings. The molecule has 3 N–H and O–H groups in total. The van der Waals surface area contributed by atoms with Gasteiger partial charge in [0.2, 0.25) is 5.91 Å². The minimum atomic E-state index is -0.0210. The average Bonchev–Trinajstić information content (AvgIpc) is 2.71. The predicted octanol–water partition coefficient (Wildman–Crippen LogP) is 6.15. The number of thiocarbonyl (C=S) groups is 1. The SMILES string of the molecule is Cc1ccc(NC(=S)Nc2cccc(SCC(=O)Nc3c(C)cccc3C)c2)cc1. The van der Waals surface area contributed by atoms with Crippen molar-refractivity contribution in [3.8, 4) is 0 Å². The van der Waals surface area contributed by atoms with Crippen molar-refractivity contribution in [3.05, 3.63) is 83.4 Å². The van der Waals surface area contributed by atoms with E-state index >= 15 is 0 Å². The van der Waals surface area contributed by atoms with Gasteiger partial charge in [0, 0.05) is 22.0 Å². The molecule has 1 amide bonds. The van der Waals surface area contributed by atoms with Crippen LogP contribution in [0.25, 0.3) is 0 Å². The quantitative estimate of drug-likeness (QED) is 0.320. The molecule has 0 fully saturated rings. The summed E-state index contributed by atoms with van der Waals surface area (Å²) in [6.45, 7) is 6.04. The number of para-hydroxylation sites is 1. The number of anilines is 3. The lowest BCUT2D eigenvalue weighted by Gasteiger charge is -2.12. The smallest absolute Gasteiger partial charge is 0.234 e. The second-order valence-electron chi connectivity index (χ2n) is 7.08. The summed E-state index contributed by atoms with van der Waals surface area (Å²) in [4.78, 5) is 13.4. The molecular weight excluding hydrogens is 410 g/mol. The Hall–Kier alpha value is -2.83. The van der Waals surface area contributed by atoms with Gasteiger partial charge in [0.1, 0.15) is 0 Å². The predicted molar refractivity (Wildman–Crippen MR) is 133 cm³/mol. The molecule has 30 heavy (non-hydrogen) atoms. The number of carbonyl (C=O) groups excluding carboxylic acids is 1. The van der Waals surface area contributed by atoms with E-state index in [1.165, 1.54) is 17.3 Å². The third-order valence-electron chi connectivity index (χ3n) is 4.52. The van der Waals surface area contributed by atoms with E-state index in [0.717, 1.165) is 33.1 Å². The van der Waals surface area contributed by atoms with E-state index in [1.54, 1.807) is 0 Å². The van der Waals surface area contributed by atoms with E-state index in [9.17, 15) is 4.79 Å². The molecule has 154 valence electrons. The minimum Gasteiger partial charge on any atom is -0.332 e. The van der Waals surface area contributed by atoms with Crippen LogP contribution in [0.1, 0.15) is 16.7 Å². The highest BCUT2D eigenvalue weighted by atomic mass is 32.2. The molecular formula is C24H25N3OS2. The van der Waals surface area contributed by atoms with Crippen molar-refractivity contribution in [2.24, 2.45) is 0 Å². The van der Waals surface area contributed by atoms with Crippen molar-refractivity contribution >= 4 is 52.1 Å². The fourth-order valence-electron chi connectivity index (χ4n) is 2.93. The zero-order chi connectivity index (χ0) is 21.5. The number of benzene rings is 3. The second kappa shape index (κ2) is 10.3. The third-order valence-corrected chi connectivity index (χ3v) is 5.71. The fraction of sp³-hybridized carbons (Fsp3) is 0.167. The summed E-state index contributed by atoms with van der Waals surface area (Å²) in [7, 11) is 0. The lowest BCUT2D eigenvalue weighted by atomic mass is 10.1. The Kier molecular flexibility index (Phi) is 7.49. The standard InChI is InChI=1S/C24H25N3OS2/c1-16-10-12-19(13-11-16)25-24(29)26-20-8-5-9-21(14-20)30-15-22(28)27-23-17(2)6-4-7-18(23)3/h4-14H,15H2,1-3H3,(H,27,28)(H2,25,26,29). The van der Waals surface area contributed by atoms with Gasteiger partial charge >= 0.3 is 0 Å². The van der Waals surface area contributed by atoms with Crippen LogP contribution in [0.3, 0.4) is 0 Å². The lowest BCUT2D eigenvalue weighted by molar-refractivity contribution is -0.113. The van der Waals surface area contributed by atoms with Crippen LogP contribution in [0.4, 0.5) is 17.1 Å². The van der Waals surface area contributed by atoms with Crippen LogP contribution in [0.2, 0.25) is 0 Å². The molecule has 0 radical (unpaired) electrons.